The third kappa shape index (κ3) is 1.74. The van der Waals surface area contributed by atoms with Gasteiger partial charge in [-0.3, -0.25) is 4.79 Å². The Bertz CT molecular complexity index is 273. The summed E-state index contributed by atoms with van der Waals surface area (Å²) in [4.78, 5) is 11.9. The molecular formula is C12H18O. The molecule has 0 spiro atoms. The van der Waals surface area contributed by atoms with Crippen molar-refractivity contribution >= 4 is 5.78 Å². The molecule has 1 nitrogen and oxygen atoms in total. The van der Waals surface area contributed by atoms with Crippen molar-refractivity contribution in [3.05, 3.63) is 23.8 Å². The lowest BCUT2D eigenvalue weighted by atomic mass is 9.70. The van der Waals surface area contributed by atoms with Crippen molar-refractivity contribution in [2.24, 2.45) is 5.41 Å². The van der Waals surface area contributed by atoms with Crippen LogP contribution >= 0.6 is 0 Å². The number of hydrogen-bond acceptors (Lipinski definition) is 1. The molecule has 1 unspecified atom stereocenters. The highest BCUT2D eigenvalue weighted by Crippen LogP contribution is 2.38. The van der Waals surface area contributed by atoms with Crippen LogP contribution in [0.3, 0.4) is 0 Å². The van der Waals surface area contributed by atoms with Crippen molar-refractivity contribution < 1.29 is 4.79 Å². The van der Waals surface area contributed by atoms with Crippen molar-refractivity contribution in [3.8, 4) is 0 Å². The van der Waals surface area contributed by atoms with Crippen LogP contribution in [-0.4, -0.2) is 5.78 Å². The van der Waals surface area contributed by atoms with Crippen LogP contribution in [0, 0.1) is 5.41 Å². The van der Waals surface area contributed by atoms with E-state index in [-0.39, 0.29) is 5.41 Å². The molecule has 0 aromatic rings. The molecule has 1 rings (SSSR count). The predicted octanol–water partition coefficient (Wildman–Crippen LogP) is 3.27. The van der Waals surface area contributed by atoms with Gasteiger partial charge in [-0.25, -0.2) is 0 Å². The monoisotopic (exact) mass is 178 g/mol. The number of allylic oxidation sites excluding steroid dienone is 3. The molecule has 0 radical (unpaired) electrons. The quantitative estimate of drug-likeness (QED) is 0.593. The fourth-order valence-corrected chi connectivity index (χ4v) is 1.92. The highest BCUT2D eigenvalue weighted by molar-refractivity contribution is 6.00. The molecule has 0 saturated heterocycles. The first-order valence-electron chi connectivity index (χ1n) is 4.83. The summed E-state index contributed by atoms with van der Waals surface area (Å²) >= 11 is 0. The van der Waals surface area contributed by atoms with Gasteiger partial charge in [-0.1, -0.05) is 18.6 Å². The molecule has 0 aromatic carbocycles. The van der Waals surface area contributed by atoms with E-state index in [1.54, 1.807) is 0 Å². The van der Waals surface area contributed by atoms with Gasteiger partial charge in [0, 0.05) is 5.41 Å². The lowest BCUT2D eigenvalue weighted by Crippen LogP contribution is -2.31. The summed E-state index contributed by atoms with van der Waals surface area (Å²) < 4.78 is 0. The molecule has 0 amide bonds. The van der Waals surface area contributed by atoms with Gasteiger partial charge < -0.3 is 0 Å². The number of rotatable bonds is 2. The smallest absolute Gasteiger partial charge is 0.164 e. The van der Waals surface area contributed by atoms with Crippen LogP contribution in [0.5, 0.6) is 0 Å². The van der Waals surface area contributed by atoms with Gasteiger partial charge in [0.1, 0.15) is 0 Å². The van der Waals surface area contributed by atoms with Crippen LogP contribution in [-0.2, 0) is 4.79 Å². The zero-order valence-corrected chi connectivity index (χ0v) is 8.81. The molecule has 1 atom stereocenters. The largest absolute Gasteiger partial charge is 0.294 e. The first kappa shape index (κ1) is 10.2. The summed E-state index contributed by atoms with van der Waals surface area (Å²) in [5, 5.41) is 0. The molecule has 72 valence electrons. The second-order valence-electron chi connectivity index (χ2n) is 4.29. The van der Waals surface area contributed by atoms with Crippen LogP contribution in [0.4, 0.5) is 0 Å². The van der Waals surface area contributed by atoms with Gasteiger partial charge in [-0.15, -0.1) is 6.58 Å². The number of hydrogen-bond donors (Lipinski definition) is 0. The average molecular weight is 178 g/mol. The average Bonchev–Trinajstić information content (AvgIpc) is 2.10. The fraction of sp³-hybridized carbons (Fsp3) is 0.583. The minimum absolute atomic E-state index is 0.175. The Morgan fingerprint density at radius 2 is 2.15 bits per heavy atom. The van der Waals surface area contributed by atoms with Crippen molar-refractivity contribution in [2.75, 3.05) is 0 Å². The number of carbonyl (C=O) groups excluding carboxylic acids is 1. The van der Waals surface area contributed by atoms with E-state index in [2.05, 4.69) is 13.5 Å². The summed E-state index contributed by atoms with van der Waals surface area (Å²) in [7, 11) is 0. The first-order valence-corrected chi connectivity index (χ1v) is 4.83. The molecule has 13 heavy (non-hydrogen) atoms. The van der Waals surface area contributed by atoms with E-state index in [0.29, 0.717) is 5.78 Å². The summed E-state index contributed by atoms with van der Waals surface area (Å²) in [5.41, 5.74) is 2.05. The van der Waals surface area contributed by atoms with Crippen molar-refractivity contribution in [1.29, 1.82) is 0 Å². The van der Waals surface area contributed by atoms with Crippen molar-refractivity contribution in [3.63, 3.8) is 0 Å². The summed E-state index contributed by atoms with van der Waals surface area (Å²) in [6.07, 6.45) is 4.69. The molecular weight excluding hydrogens is 160 g/mol. The van der Waals surface area contributed by atoms with Gasteiger partial charge in [0.25, 0.3) is 0 Å². The molecule has 0 heterocycles. The van der Waals surface area contributed by atoms with Gasteiger partial charge in [0.15, 0.2) is 5.78 Å². The number of Topliss-reactive ketones (excluding diaryl/α,β-unsaturated/α-hetero) is 1. The molecule has 0 N–H and O–H groups in total. The van der Waals surface area contributed by atoms with E-state index in [1.807, 2.05) is 19.9 Å². The van der Waals surface area contributed by atoms with Crippen LogP contribution in [0.15, 0.2) is 23.8 Å². The molecule has 0 bridgehead atoms. The second kappa shape index (κ2) is 3.49. The molecule has 0 saturated carbocycles. The Morgan fingerprint density at radius 1 is 1.54 bits per heavy atom. The third-order valence-corrected chi connectivity index (χ3v) is 3.18. The van der Waals surface area contributed by atoms with E-state index in [4.69, 9.17) is 0 Å². The second-order valence-corrected chi connectivity index (χ2v) is 4.29. The Balaban J connectivity index is 2.96. The highest BCUT2D eigenvalue weighted by Gasteiger charge is 2.35. The Labute approximate surface area is 80.5 Å². The molecule has 0 aliphatic heterocycles. The summed E-state index contributed by atoms with van der Waals surface area (Å²) in [6.45, 7) is 9.76. The minimum Gasteiger partial charge on any atom is -0.294 e. The molecule has 1 aliphatic carbocycles. The SMILES string of the molecule is C=CCC1(C)CCC(C)=C(C)C1=O. The van der Waals surface area contributed by atoms with E-state index in [0.717, 1.165) is 24.8 Å². The molecule has 1 aliphatic rings. The first-order chi connectivity index (χ1) is 6.01. The van der Waals surface area contributed by atoms with E-state index >= 15 is 0 Å². The standard InChI is InChI=1S/C12H18O/c1-5-7-12(4)8-6-9(2)10(3)11(12)13/h5H,1,6-8H2,2-4H3. The van der Waals surface area contributed by atoms with E-state index in [9.17, 15) is 4.79 Å². The summed E-state index contributed by atoms with van der Waals surface area (Å²) in [5.74, 6) is 0.316. The highest BCUT2D eigenvalue weighted by atomic mass is 16.1. The maximum atomic E-state index is 11.9. The Hall–Kier alpha value is -0.850. The van der Waals surface area contributed by atoms with E-state index < -0.39 is 0 Å². The zero-order chi connectivity index (χ0) is 10.1. The Morgan fingerprint density at radius 3 is 2.69 bits per heavy atom. The lowest BCUT2D eigenvalue weighted by molar-refractivity contribution is -0.124. The molecule has 0 fully saturated rings. The van der Waals surface area contributed by atoms with Crippen LogP contribution in [0.1, 0.15) is 40.0 Å². The van der Waals surface area contributed by atoms with Gasteiger partial charge in [0.2, 0.25) is 0 Å². The summed E-state index contributed by atoms with van der Waals surface area (Å²) in [6, 6.07) is 0. The van der Waals surface area contributed by atoms with Crippen molar-refractivity contribution in [1.82, 2.24) is 0 Å². The van der Waals surface area contributed by atoms with Gasteiger partial charge >= 0.3 is 0 Å². The lowest BCUT2D eigenvalue weighted by Gasteiger charge is -2.32. The molecule has 1 heteroatoms. The van der Waals surface area contributed by atoms with Gasteiger partial charge in [-0.05, 0) is 38.7 Å². The van der Waals surface area contributed by atoms with Gasteiger partial charge in [-0.2, -0.15) is 0 Å². The third-order valence-electron chi connectivity index (χ3n) is 3.18. The Kier molecular flexibility index (Phi) is 2.74. The normalized spacial score (nSPS) is 29.3. The number of ketones is 1. The van der Waals surface area contributed by atoms with Crippen LogP contribution in [0.2, 0.25) is 0 Å². The van der Waals surface area contributed by atoms with Crippen LogP contribution < -0.4 is 0 Å². The fourth-order valence-electron chi connectivity index (χ4n) is 1.92. The molecule has 0 aromatic heterocycles. The topological polar surface area (TPSA) is 17.1 Å². The predicted molar refractivity (Wildman–Crippen MR) is 55.5 cm³/mol. The maximum absolute atomic E-state index is 11.9. The van der Waals surface area contributed by atoms with Crippen LogP contribution in [0.25, 0.3) is 0 Å². The maximum Gasteiger partial charge on any atom is 0.164 e. The zero-order valence-electron chi connectivity index (χ0n) is 8.81. The van der Waals surface area contributed by atoms with E-state index in [1.165, 1.54) is 5.57 Å². The van der Waals surface area contributed by atoms with Gasteiger partial charge in [0.05, 0.1) is 0 Å². The minimum atomic E-state index is -0.175. The van der Waals surface area contributed by atoms with Crippen molar-refractivity contribution in [2.45, 2.75) is 40.0 Å². The number of carbonyl (C=O) groups is 1.